The lowest BCUT2D eigenvalue weighted by Crippen LogP contribution is -2.41. The quantitative estimate of drug-likeness (QED) is 0.789. The Kier molecular flexibility index (Phi) is 8.26. The minimum absolute atomic E-state index is 0. The fourth-order valence-electron chi connectivity index (χ4n) is 1.44. The van der Waals surface area contributed by atoms with Gasteiger partial charge in [0, 0.05) is 0 Å². The van der Waals surface area contributed by atoms with Gasteiger partial charge in [-0.25, -0.2) is 8.42 Å². The molecule has 0 aliphatic heterocycles. The molecule has 0 amide bonds. The number of hydrogen-bond donors (Lipinski definition) is 2. The zero-order valence-electron chi connectivity index (χ0n) is 11.3. The largest absolute Gasteiger partial charge is 0.480 e. The van der Waals surface area contributed by atoms with Crippen molar-refractivity contribution in [1.82, 2.24) is 4.72 Å². The van der Waals surface area contributed by atoms with Crippen LogP contribution in [0.4, 0.5) is 0 Å². The van der Waals surface area contributed by atoms with Crippen molar-refractivity contribution < 1.29 is 18.3 Å². The molecule has 1 atom stereocenters. The Morgan fingerprint density at radius 1 is 1.35 bits per heavy atom. The fraction of sp³-hybridized carbons (Fsp3) is 0.417. The molecule has 0 aliphatic rings. The second-order valence-corrected chi connectivity index (χ2v) is 6.81. The normalized spacial score (nSPS) is 12.5. The summed E-state index contributed by atoms with van der Waals surface area (Å²) in [6.07, 6.45) is 2.09. The highest BCUT2D eigenvalue weighted by atomic mass is 32.2. The number of rotatable bonds is 7. The highest BCUT2D eigenvalue weighted by Gasteiger charge is 2.24. The third kappa shape index (κ3) is 5.74. The number of nitrogens with one attached hydrogen (secondary N) is 1. The molecule has 0 heterocycles. The van der Waals surface area contributed by atoms with Crippen LogP contribution >= 0.6 is 25.3 Å². The number of benzene rings is 1. The number of carboxylic acids is 1. The van der Waals surface area contributed by atoms with Crippen molar-refractivity contribution >= 4 is 41.3 Å². The Bertz CT molecular complexity index is 528. The first-order chi connectivity index (χ1) is 8.86. The molecule has 20 heavy (non-hydrogen) atoms. The highest BCUT2D eigenvalue weighted by molar-refractivity contribution is 7.98. The predicted molar refractivity (Wildman–Crippen MR) is 86.3 cm³/mol. The van der Waals surface area contributed by atoms with E-state index in [-0.39, 0.29) is 24.8 Å². The van der Waals surface area contributed by atoms with E-state index in [9.17, 15) is 13.2 Å². The average Bonchev–Trinajstić information content (AvgIpc) is 2.34. The van der Waals surface area contributed by atoms with E-state index in [2.05, 4.69) is 4.72 Å². The van der Waals surface area contributed by atoms with Crippen molar-refractivity contribution in [3.05, 3.63) is 29.8 Å². The summed E-state index contributed by atoms with van der Waals surface area (Å²) in [6, 6.07) is 5.17. The summed E-state index contributed by atoms with van der Waals surface area (Å²) in [7, 11) is -3.79. The topological polar surface area (TPSA) is 83.5 Å². The molecule has 0 saturated heterocycles. The van der Waals surface area contributed by atoms with Crippen molar-refractivity contribution in [2.75, 3.05) is 12.0 Å². The maximum Gasteiger partial charge on any atom is 0.321 e. The Labute approximate surface area is 130 Å². The predicted octanol–water partition coefficient (Wildman–Crippen LogP) is 1.59. The van der Waals surface area contributed by atoms with Crippen LogP contribution in [-0.4, -0.2) is 37.5 Å². The summed E-state index contributed by atoms with van der Waals surface area (Å²) in [5, 5.41) is 9.02. The molecule has 0 bridgehead atoms. The summed E-state index contributed by atoms with van der Waals surface area (Å²) in [5.74, 6) is -0.586. The molecule has 0 spiro atoms. The Morgan fingerprint density at radius 2 is 1.90 bits per heavy atom. The zero-order valence-corrected chi connectivity index (χ0v) is 13.9. The minimum atomic E-state index is -3.79. The van der Waals surface area contributed by atoms with Gasteiger partial charge in [0.1, 0.15) is 6.04 Å². The number of aliphatic carboxylic acids is 1. The van der Waals surface area contributed by atoms with Gasteiger partial charge in [-0.1, -0.05) is 17.7 Å². The molecule has 0 aromatic heterocycles. The van der Waals surface area contributed by atoms with Crippen LogP contribution in [0.3, 0.4) is 0 Å². The van der Waals surface area contributed by atoms with E-state index in [1.165, 1.54) is 23.9 Å². The van der Waals surface area contributed by atoms with Gasteiger partial charge in [0.05, 0.1) is 4.90 Å². The smallest absolute Gasteiger partial charge is 0.321 e. The van der Waals surface area contributed by atoms with Crippen molar-refractivity contribution in [1.29, 1.82) is 0 Å². The molecule has 1 aromatic rings. The molecule has 1 rings (SSSR count). The minimum Gasteiger partial charge on any atom is -0.480 e. The van der Waals surface area contributed by atoms with E-state index in [0.717, 1.165) is 5.56 Å². The number of hydrogen-bond acceptors (Lipinski definition) is 4. The zero-order chi connectivity index (χ0) is 14.5. The molecule has 0 radical (unpaired) electrons. The summed E-state index contributed by atoms with van der Waals surface area (Å²) in [6.45, 7) is 1.85. The lowest BCUT2D eigenvalue weighted by molar-refractivity contribution is -0.139. The summed E-state index contributed by atoms with van der Waals surface area (Å²) in [5.41, 5.74) is 0.941. The average molecular weight is 337 g/mol. The lowest BCUT2D eigenvalue weighted by atomic mass is 10.2. The molecule has 2 N–H and O–H groups in total. The molecular formula is C12H19NO4S3. The first kappa shape index (κ1) is 19.3. The second-order valence-electron chi connectivity index (χ2n) is 4.11. The summed E-state index contributed by atoms with van der Waals surface area (Å²) in [4.78, 5) is 11.1. The molecule has 8 heteroatoms. The van der Waals surface area contributed by atoms with Crippen LogP contribution in [-0.2, 0) is 14.8 Å². The maximum absolute atomic E-state index is 12.0. The standard InChI is InChI=1S/C12H17NO4S2.H2S/c1-9-3-5-10(6-4-9)19(16,17)13-11(12(14)15)7-8-18-2;/h3-6,11,13H,7-8H2,1-2H3,(H,14,15);1H2/t11-;/m0./s1. The van der Waals surface area contributed by atoms with E-state index >= 15 is 0 Å². The van der Waals surface area contributed by atoms with Crippen LogP contribution in [0, 0.1) is 6.92 Å². The van der Waals surface area contributed by atoms with Gasteiger partial charge in [-0.05, 0) is 37.5 Å². The monoisotopic (exact) mass is 337 g/mol. The molecule has 0 unspecified atom stereocenters. The molecular weight excluding hydrogens is 318 g/mol. The summed E-state index contributed by atoms with van der Waals surface area (Å²) < 4.78 is 26.3. The van der Waals surface area contributed by atoms with Crippen LogP contribution in [0.1, 0.15) is 12.0 Å². The Balaban J connectivity index is 0.00000361. The number of sulfonamides is 1. The van der Waals surface area contributed by atoms with Crippen molar-refractivity contribution in [2.45, 2.75) is 24.3 Å². The molecule has 1 aromatic carbocycles. The molecule has 114 valence electrons. The van der Waals surface area contributed by atoms with E-state index in [1.54, 1.807) is 12.1 Å². The Hall–Kier alpha value is -0.700. The number of thioether (sulfide) groups is 1. The van der Waals surface area contributed by atoms with Crippen LogP contribution in [0.25, 0.3) is 0 Å². The van der Waals surface area contributed by atoms with Gasteiger partial charge in [0.2, 0.25) is 10.0 Å². The van der Waals surface area contributed by atoms with Crippen molar-refractivity contribution in [3.8, 4) is 0 Å². The molecule has 0 fully saturated rings. The first-order valence-electron chi connectivity index (χ1n) is 5.67. The van der Waals surface area contributed by atoms with Crippen LogP contribution in [0.15, 0.2) is 29.2 Å². The van der Waals surface area contributed by atoms with Gasteiger partial charge in [-0.3, -0.25) is 4.79 Å². The molecule has 0 saturated carbocycles. The first-order valence-corrected chi connectivity index (χ1v) is 8.55. The van der Waals surface area contributed by atoms with E-state index in [1.807, 2.05) is 13.2 Å². The summed E-state index contributed by atoms with van der Waals surface area (Å²) >= 11 is 1.47. The Morgan fingerprint density at radius 3 is 2.35 bits per heavy atom. The van der Waals surface area contributed by atoms with Crippen LogP contribution < -0.4 is 4.72 Å². The molecule has 0 aliphatic carbocycles. The number of aryl methyl sites for hydroxylation is 1. The fourth-order valence-corrected chi connectivity index (χ4v) is 3.14. The molecule has 5 nitrogen and oxygen atoms in total. The second kappa shape index (κ2) is 8.56. The van der Waals surface area contributed by atoms with Gasteiger partial charge >= 0.3 is 5.97 Å². The van der Waals surface area contributed by atoms with Crippen molar-refractivity contribution in [3.63, 3.8) is 0 Å². The number of carboxylic acid groups (broad SMARTS) is 1. The van der Waals surface area contributed by atoms with Gasteiger partial charge in [0.25, 0.3) is 0 Å². The van der Waals surface area contributed by atoms with Crippen LogP contribution in [0.2, 0.25) is 0 Å². The van der Waals surface area contributed by atoms with Gasteiger partial charge in [-0.15, -0.1) is 0 Å². The highest BCUT2D eigenvalue weighted by Crippen LogP contribution is 2.12. The van der Waals surface area contributed by atoms with E-state index < -0.39 is 22.0 Å². The maximum atomic E-state index is 12.0. The third-order valence-electron chi connectivity index (χ3n) is 2.54. The lowest BCUT2D eigenvalue weighted by Gasteiger charge is -2.14. The van der Waals surface area contributed by atoms with Gasteiger partial charge in [-0.2, -0.15) is 30.0 Å². The van der Waals surface area contributed by atoms with E-state index in [0.29, 0.717) is 5.75 Å². The van der Waals surface area contributed by atoms with E-state index in [4.69, 9.17) is 5.11 Å². The van der Waals surface area contributed by atoms with Crippen LogP contribution in [0.5, 0.6) is 0 Å². The van der Waals surface area contributed by atoms with Gasteiger partial charge in [0.15, 0.2) is 0 Å². The number of carbonyl (C=O) groups is 1. The van der Waals surface area contributed by atoms with Gasteiger partial charge < -0.3 is 5.11 Å². The SMILES string of the molecule is CSCC[C@H](NS(=O)(=O)c1ccc(C)cc1)C(=O)O.S. The third-order valence-corrected chi connectivity index (χ3v) is 4.67. The van der Waals surface area contributed by atoms with Crippen molar-refractivity contribution in [2.24, 2.45) is 0 Å².